The number of carboxylic acid groups (broad SMARTS) is 1. The number of nitrogens with zero attached hydrogens (tertiary/aromatic N) is 1. The maximum atomic E-state index is 12.5. The van der Waals surface area contributed by atoms with Crippen LogP contribution in [0.2, 0.25) is 0 Å². The van der Waals surface area contributed by atoms with E-state index >= 15 is 0 Å². The maximum Gasteiger partial charge on any atom is 0.326 e. The SMILES string of the molecule is CCC(C)C(NC(=O)C1CCCN1C(=O)C(N)CCC(N)=O)C(=O)O. The molecule has 1 rings (SSSR count). The summed E-state index contributed by atoms with van der Waals surface area (Å²) in [5, 5.41) is 11.8. The van der Waals surface area contributed by atoms with E-state index in [9.17, 15) is 24.3 Å². The van der Waals surface area contributed by atoms with Gasteiger partial charge in [0.05, 0.1) is 6.04 Å². The monoisotopic (exact) mass is 356 g/mol. The van der Waals surface area contributed by atoms with Crippen LogP contribution in [0.15, 0.2) is 0 Å². The number of amides is 3. The molecule has 4 unspecified atom stereocenters. The number of likely N-dealkylation sites (tertiary alicyclic amines) is 1. The van der Waals surface area contributed by atoms with Crippen molar-refractivity contribution in [2.45, 2.75) is 64.1 Å². The standard InChI is InChI=1S/C16H28N4O5/c1-3-9(2)13(16(24)25)19-14(22)11-5-4-8-20(11)15(23)10(17)6-7-12(18)21/h9-11,13H,3-8,17H2,1-2H3,(H2,18,21)(H,19,22)(H,24,25). The number of hydrogen-bond acceptors (Lipinski definition) is 5. The number of primary amides is 1. The van der Waals surface area contributed by atoms with Gasteiger partial charge in [-0.1, -0.05) is 20.3 Å². The summed E-state index contributed by atoms with van der Waals surface area (Å²) in [6, 6.07) is -2.65. The Hall–Kier alpha value is -2.16. The van der Waals surface area contributed by atoms with Gasteiger partial charge in [0.25, 0.3) is 0 Å². The Bertz CT molecular complexity index is 525. The molecule has 0 bridgehead atoms. The van der Waals surface area contributed by atoms with Gasteiger partial charge in [0.2, 0.25) is 17.7 Å². The molecule has 1 heterocycles. The molecule has 1 aliphatic rings. The fourth-order valence-electron chi connectivity index (χ4n) is 2.87. The first-order chi connectivity index (χ1) is 11.7. The molecule has 0 aromatic carbocycles. The third-order valence-electron chi connectivity index (χ3n) is 4.63. The van der Waals surface area contributed by atoms with Crippen LogP contribution in [0.5, 0.6) is 0 Å². The first kappa shape index (κ1) is 20.9. The minimum atomic E-state index is -1.10. The van der Waals surface area contributed by atoms with Crippen LogP contribution in [0.4, 0.5) is 0 Å². The number of rotatable bonds is 9. The van der Waals surface area contributed by atoms with Crippen molar-refractivity contribution in [3.05, 3.63) is 0 Å². The van der Waals surface area contributed by atoms with Crippen LogP contribution in [0.25, 0.3) is 0 Å². The molecule has 0 aliphatic carbocycles. The van der Waals surface area contributed by atoms with Gasteiger partial charge in [-0.25, -0.2) is 4.79 Å². The van der Waals surface area contributed by atoms with E-state index in [0.29, 0.717) is 25.8 Å². The van der Waals surface area contributed by atoms with Crippen LogP contribution >= 0.6 is 0 Å². The van der Waals surface area contributed by atoms with Crippen molar-refractivity contribution in [1.82, 2.24) is 10.2 Å². The smallest absolute Gasteiger partial charge is 0.326 e. The van der Waals surface area contributed by atoms with Gasteiger partial charge in [0.15, 0.2) is 0 Å². The zero-order valence-electron chi connectivity index (χ0n) is 14.7. The van der Waals surface area contributed by atoms with E-state index in [1.165, 1.54) is 4.90 Å². The molecule has 0 aromatic rings. The van der Waals surface area contributed by atoms with Gasteiger partial charge in [0, 0.05) is 13.0 Å². The lowest BCUT2D eigenvalue weighted by Gasteiger charge is -2.28. The third kappa shape index (κ3) is 5.70. The van der Waals surface area contributed by atoms with Crippen molar-refractivity contribution >= 4 is 23.7 Å². The van der Waals surface area contributed by atoms with E-state index in [1.54, 1.807) is 6.92 Å². The Morgan fingerprint density at radius 3 is 2.48 bits per heavy atom. The summed E-state index contributed by atoms with van der Waals surface area (Å²) in [6.45, 7) is 3.97. The fraction of sp³-hybridized carbons (Fsp3) is 0.750. The lowest BCUT2D eigenvalue weighted by atomic mass is 9.98. The van der Waals surface area contributed by atoms with Crippen molar-refractivity contribution in [2.75, 3.05) is 6.54 Å². The van der Waals surface area contributed by atoms with Crippen LogP contribution in [0.1, 0.15) is 46.0 Å². The molecule has 9 nitrogen and oxygen atoms in total. The molecule has 0 radical (unpaired) electrons. The number of carboxylic acids is 1. The topological polar surface area (TPSA) is 156 Å². The highest BCUT2D eigenvalue weighted by atomic mass is 16.4. The molecule has 1 fully saturated rings. The second-order valence-electron chi connectivity index (χ2n) is 6.51. The molecule has 9 heteroatoms. The van der Waals surface area contributed by atoms with Crippen molar-refractivity contribution in [1.29, 1.82) is 0 Å². The predicted molar refractivity (Wildman–Crippen MR) is 90.2 cm³/mol. The minimum absolute atomic E-state index is 0.00723. The molecular formula is C16H28N4O5. The molecule has 0 spiro atoms. The Morgan fingerprint density at radius 1 is 1.32 bits per heavy atom. The van der Waals surface area contributed by atoms with Crippen molar-refractivity contribution in [3.8, 4) is 0 Å². The van der Waals surface area contributed by atoms with Crippen LogP contribution < -0.4 is 16.8 Å². The Labute approximate surface area is 147 Å². The number of carbonyl (C=O) groups excluding carboxylic acids is 3. The lowest BCUT2D eigenvalue weighted by molar-refractivity contribution is -0.145. The number of aliphatic carboxylic acids is 1. The summed E-state index contributed by atoms with van der Waals surface area (Å²) in [4.78, 5) is 48.5. The predicted octanol–water partition coefficient (Wildman–Crippen LogP) is -0.814. The number of carbonyl (C=O) groups is 4. The quantitative estimate of drug-likeness (QED) is 0.423. The van der Waals surface area contributed by atoms with Gasteiger partial charge in [-0.05, 0) is 25.2 Å². The van der Waals surface area contributed by atoms with Crippen molar-refractivity contribution < 1.29 is 24.3 Å². The molecule has 1 saturated heterocycles. The molecule has 3 amide bonds. The van der Waals surface area contributed by atoms with Crippen molar-refractivity contribution in [3.63, 3.8) is 0 Å². The molecule has 4 atom stereocenters. The zero-order valence-corrected chi connectivity index (χ0v) is 14.7. The minimum Gasteiger partial charge on any atom is -0.480 e. The summed E-state index contributed by atoms with van der Waals surface area (Å²) in [7, 11) is 0. The molecule has 142 valence electrons. The summed E-state index contributed by atoms with van der Waals surface area (Å²) < 4.78 is 0. The highest BCUT2D eigenvalue weighted by molar-refractivity contribution is 5.92. The molecule has 25 heavy (non-hydrogen) atoms. The molecule has 0 aromatic heterocycles. The van der Waals surface area contributed by atoms with Gasteiger partial charge < -0.3 is 26.8 Å². The fourth-order valence-corrected chi connectivity index (χ4v) is 2.87. The van der Waals surface area contributed by atoms with E-state index in [-0.39, 0.29) is 18.8 Å². The summed E-state index contributed by atoms with van der Waals surface area (Å²) in [5.74, 6) is -2.78. The highest BCUT2D eigenvalue weighted by Gasteiger charge is 2.38. The molecule has 6 N–H and O–H groups in total. The summed E-state index contributed by atoms with van der Waals surface area (Å²) >= 11 is 0. The Balaban J connectivity index is 2.75. The van der Waals surface area contributed by atoms with Crippen LogP contribution in [0, 0.1) is 5.92 Å². The molecule has 0 saturated carbocycles. The number of nitrogens with one attached hydrogen (secondary N) is 1. The summed E-state index contributed by atoms with van der Waals surface area (Å²) in [5.41, 5.74) is 10.9. The van der Waals surface area contributed by atoms with E-state index in [1.807, 2.05) is 6.92 Å². The second-order valence-corrected chi connectivity index (χ2v) is 6.51. The van der Waals surface area contributed by atoms with Crippen LogP contribution in [-0.2, 0) is 19.2 Å². The average molecular weight is 356 g/mol. The van der Waals surface area contributed by atoms with Gasteiger partial charge in [-0.3, -0.25) is 14.4 Å². The normalized spacial score (nSPS) is 20.6. The number of nitrogens with two attached hydrogens (primary N) is 2. The van der Waals surface area contributed by atoms with Crippen LogP contribution in [0.3, 0.4) is 0 Å². The highest BCUT2D eigenvalue weighted by Crippen LogP contribution is 2.20. The van der Waals surface area contributed by atoms with E-state index in [2.05, 4.69) is 5.32 Å². The van der Waals surface area contributed by atoms with Crippen molar-refractivity contribution in [2.24, 2.45) is 17.4 Å². The maximum absolute atomic E-state index is 12.5. The molecule has 1 aliphatic heterocycles. The Morgan fingerprint density at radius 2 is 1.96 bits per heavy atom. The summed E-state index contributed by atoms with van der Waals surface area (Å²) in [6.07, 6.45) is 1.79. The first-order valence-corrected chi connectivity index (χ1v) is 8.56. The number of hydrogen-bond donors (Lipinski definition) is 4. The zero-order chi connectivity index (χ0) is 19.1. The van der Waals surface area contributed by atoms with E-state index in [0.717, 1.165) is 0 Å². The van der Waals surface area contributed by atoms with Gasteiger partial charge in [0.1, 0.15) is 12.1 Å². The first-order valence-electron chi connectivity index (χ1n) is 8.56. The second kappa shape index (κ2) is 9.36. The van der Waals surface area contributed by atoms with Gasteiger partial charge in [-0.15, -0.1) is 0 Å². The Kier molecular flexibility index (Phi) is 7.82. The van der Waals surface area contributed by atoms with Crippen LogP contribution in [-0.4, -0.2) is 58.4 Å². The van der Waals surface area contributed by atoms with E-state index in [4.69, 9.17) is 11.5 Å². The van der Waals surface area contributed by atoms with E-state index < -0.39 is 41.8 Å². The largest absolute Gasteiger partial charge is 0.480 e. The van der Waals surface area contributed by atoms with Gasteiger partial charge in [-0.2, -0.15) is 0 Å². The lowest BCUT2D eigenvalue weighted by Crippen LogP contribution is -2.55. The molecular weight excluding hydrogens is 328 g/mol. The average Bonchev–Trinajstić information content (AvgIpc) is 3.05. The van der Waals surface area contributed by atoms with Gasteiger partial charge >= 0.3 is 5.97 Å². The third-order valence-corrected chi connectivity index (χ3v) is 4.63.